The van der Waals surface area contributed by atoms with Gasteiger partial charge in [-0.15, -0.1) is 0 Å². The Morgan fingerprint density at radius 1 is 0.397 bits per heavy atom. The van der Waals surface area contributed by atoms with E-state index in [-0.39, 0.29) is 12.5 Å². The van der Waals surface area contributed by atoms with Crippen molar-refractivity contribution in [2.24, 2.45) is 0 Å². The lowest BCUT2D eigenvalue weighted by atomic mass is 10.0. The van der Waals surface area contributed by atoms with Crippen LogP contribution in [0.2, 0.25) is 0 Å². The van der Waals surface area contributed by atoms with E-state index < -0.39 is 12.1 Å². The van der Waals surface area contributed by atoms with Crippen molar-refractivity contribution in [1.82, 2.24) is 5.32 Å². The Balaban J connectivity index is 3.47. The Bertz CT molecular complexity index is 1090. The molecule has 4 nitrogen and oxygen atoms in total. The molecule has 0 aromatic heterocycles. The lowest BCUT2D eigenvalue weighted by Gasteiger charge is -2.20. The summed E-state index contributed by atoms with van der Waals surface area (Å²) < 4.78 is 0. The topological polar surface area (TPSA) is 69.6 Å². The second-order valence-corrected chi connectivity index (χ2v) is 18.6. The molecule has 0 heterocycles. The molecular formula is C59H107NO3. The van der Waals surface area contributed by atoms with Gasteiger partial charge in [-0.1, -0.05) is 279 Å². The first-order valence-corrected chi connectivity index (χ1v) is 27.7. The highest BCUT2D eigenvalue weighted by atomic mass is 16.3. The summed E-state index contributed by atoms with van der Waals surface area (Å²) in [4.78, 5) is 12.5. The van der Waals surface area contributed by atoms with E-state index in [1.54, 1.807) is 6.08 Å². The van der Waals surface area contributed by atoms with Gasteiger partial charge in [-0.3, -0.25) is 4.79 Å². The summed E-state index contributed by atoms with van der Waals surface area (Å²) in [6.07, 6.45) is 77.7. The van der Waals surface area contributed by atoms with Gasteiger partial charge in [0.1, 0.15) is 0 Å². The van der Waals surface area contributed by atoms with Gasteiger partial charge in [0, 0.05) is 6.42 Å². The lowest BCUT2D eigenvalue weighted by molar-refractivity contribution is -0.123. The van der Waals surface area contributed by atoms with Gasteiger partial charge in [0.15, 0.2) is 0 Å². The van der Waals surface area contributed by atoms with Crippen LogP contribution in [0.4, 0.5) is 0 Å². The van der Waals surface area contributed by atoms with Gasteiger partial charge < -0.3 is 15.5 Å². The van der Waals surface area contributed by atoms with Crippen LogP contribution < -0.4 is 5.32 Å². The molecule has 0 fully saturated rings. The molecule has 0 aliphatic carbocycles. The fourth-order valence-electron chi connectivity index (χ4n) is 8.27. The van der Waals surface area contributed by atoms with Gasteiger partial charge in [0.2, 0.25) is 5.91 Å². The van der Waals surface area contributed by atoms with Crippen molar-refractivity contribution in [2.45, 2.75) is 289 Å². The predicted molar refractivity (Wildman–Crippen MR) is 281 cm³/mol. The largest absolute Gasteiger partial charge is 0.394 e. The van der Waals surface area contributed by atoms with Gasteiger partial charge in [0.05, 0.1) is 18.8 Å². The van der Waals surface area contributed by atoms with Crippen molar-refractivity contribution in [1.29, 1.82) is 0 Å². The fraction of sp³-hybridized carbons (Fsp3) is 0.780. The van der Waals surface area contributed by atoms with Crippen molar-refractivity contribution in [3.05, 3.63) is 72.9 Å². The Morgan fingerprint density at radius 2 is 0.698 bits per heavy atom. The number of aliphatic hydroxyl groups excluding tert-OH is 2. The zero-order valence-corrected chi connectivity index (χ0v) is 42.1. The quantitative estimate of drug-likeness (QED) is 0.0421. The molecule has 4 heteroatoms. The maximum Gasteiger partial charge on any atom is 0.220 e. The van der Waals surface area contributed by atoms with Crippen molar-refractivity contribution in [3.8, 4) is 0 Å². The molecule has 0 rings (SSSR count). The van der Waals surface area contributed by atoms with Crippen molar-refractivity contribution in [2.75, 3.05) is 6.61 Å². The summed E-state index contributed by atoms with van der Waals surface area (Å²) in [6, 6.07) is -0.623. The Hall–Kier alpha value is -2.17. The van der Waals surface area contributed by atoms with Crippen molar-refractivity contribution >= 4 is 5.91 Å². The summed E-state index contributed by atoms with van der Waals surface area (Å²) in [5.41, 5.74) is 0. The Morgan fingerprint density at radius 3 is 1.05 bits per heavy atom. The second-order valence-electron chi connectivity index (χ2n) is 18.6. The number of rotatable bonds is 50. The van der Waals surface area contributed by atoms with Crippen LogP contribution in [0.3, 0.4) is 0 Å². The van der Waals surface area contributed by atoms with E-state index in [1.807, 2.05) is 6.08 Å². The van der Waals surface area contributed by atoms with E-state index in [2.05, 4.69) is 79.9 Å². The molecule has 63 heavy (non-hydrogen) atoms. The van der Waals surface area contributed by atoms with Crippen LogP contribution in [0.1, 0.15) is 277 Å². The molecule has 0 saturated heterocycles. The summed E-state index contributed by atoms with van der Waals surface area (Å²) in [5.74, 6) is -0.0621. The van der Waals surface area contributed by atoms with E-state index in [0.29, 0.717) is 6.42 Å². The zero-order valence-electron chi connectivity index (χ0n) is 42.1. The van der Waals surface area contributed by atoms with Crippen LogP contribution in [0.5, 0.6) is 0 Å². The Kier molecular flexibility index (Phi) is 52.3. The third-order valence-electron chi connectivity index (χ3n) is 12.4. The maximum atomic E-state index is 12.5. The van der Waals surface area contributed by atoms with Gasteiger partial charge in [-0.05, 0) is 64.2 Å². The lowest BCUT2D eigenvalue weighted by Crippen LogP contribution is -2.45. The zero-order chi connectivity index (χ0) is 45.6. The van der Waals surface area contributed by atoms with Crippen molar-refractivity contribution in [3.63, 3.8) is 0 Å². The summed E-state index contributed by atoms with van der Waals surface area (Å²) in [6.45, 7) is 4.21. The number of allylic oxidation sites excluding steroid dienone is 11. The molecule has 0 radical (unpaired) electrons. The van der Waals surface area contributed by atoms with E-state index in [1.165, 1.54) is 199 Å². The second kappa shape index (κ2) is 54.2. The molecule has 0 aliphatic rings. The monoisotopic (exact) mass is 878 g/mol. The molecule has 0 aliphatic heterocycles. The number of nitrogens with one attached hydrogen (secondary N) is 1. The Labute approximate surface area is 393 Å². The normalized spacial score (nSPS) is 13.4. The molecule has 0 aromatic carbocycles. The van der Waals surface area contributed by atoms with Crippen LogP contribution in [-0.4, -0.2) is 34.9 Å². The molecule has 2 atom stereocenters. The molecule has 2 unspecified atom stereocenters. The molecule has 3 N–H and O–H groups in total. The minimum Gasteiger partial charge on any atom is -0.394 e. The van der Waals surface area contributed by atoms with Crippen LogP contribution in [0.15, 0.2) is 72.9 Å². The van der Waals surface area contributed by atoms with Crippen LogP contribution in [0.25, 0.3) is 0 Å². The minimum absolute atomic E-state index is 0.0621. The number of hydrogen-bond acceptors (Lipinski definition) is 3. The number of aliphatic hydroxyl groups is 2. The van der Waals surface area contributed by atoms with E-state index in [0.717, 1.165) is 57.8 Å². The van der Waals surface area contributed by atoms with Crippen LogP contribution in [0, 0.1) is 0 Å². The fourth-order valence-corrected chi connectivity index (χ4v) is 8.27. The first kappa shape index (κ1) is 60.8. The molecule has 366 valence electrons. The van der Waals surface area contributed by atoms with Gasteiger partial charge >= 0.3 is 0 Å². The standard InChI is InChI=1S/C59H107NO3/c1-3-5-7-9-11-13-15-17-19-21-22-23-24-25-26-27-28-29-30-31-32-33-34-35-36-37-38-39-41-43-45-47-49-51-53-55-59(63)60-57(56-61)58(62)54-52-50-48-46-44-42-40-20-18-16-14-12-10-8-6-4-2/h5,7,11,13,17,19,22-23,25-26,52,54,57-58,61-62H,3-4,6,8-10,12,14-16,18,20-21,24,27-51,53,55-56H2,1-2H3,(H,60,63)/b7-5-,13-11-,19-17-,23-22-,26-25-,54-52+. The average molecular weight is 879 g/mol. The predicted octanol–water partition coefficient (Wildman–Crippen LogP) is 18.2. The highest BCUT2D eigenvalue weighted by Gasteiger charge is 2.18. The molecule has 0 spiro atoms. The molecule has 0 saturated carbocycles. The van der Waals surface area contributed by atoms with Gasteiger partial charge in [-0.25, -0.2) is 0 Å². The highest BCUT2D eigenvalue weighted by molar-refractivity contribution is 5.76. The maximum absolute atomic E-state index is 12.5. The van der Waals surface area contributed by atoms with E-state index in [9.17, 15) is 15.0 Å². The summed E-state index contributed by atoms with van der Waals surface area (Å²) in [7, 11) is 0. The van der Waals surface area contributed by atoms with Gasteiger partial charge in [-0.2, -0.15) is 0 Å². The van der Waals surface area contributed by atoms with E-state index in [4.69, 9.17) is 0 Å². The number of amides is 1. The van der Waals surface area contributed by atoms with Crippen LogP contribution >= 0.6 is 0 Å². The first-order valence-electron chi connectivity index (χ1n) is 27.7. The third-order valence-corrected chi connectivity index (χ3v) is 12.4. The summed E-state index contributed by atoms with van der Waals surface area (Å²) >= 11 is 0. The smallest absolute Gasteiger partial charge is 0.220 e. The first-order chi connectivity index (χ1) is 31.2. The molecular weight excluding hydrogens is 771 g/mol. The number of carbonyl (C=O) groups excluding carboxylic acids is 1. The number of carbonyl (C=O) groups is 1. The SMILES string of the molecule is CC/C=C\C/C=C\C/C=C\C/C=C\C/C=C\CCCCCCCCCCCCCCCCCCCCCC(=O)NC(CO)C(O)/C=C/CCCCCCCCCCCCCCCC. The third kappa shape index (κ3) is 50.7. The van der Waals surface area contributed by atoms with Crippen molar-refractivity contribution < 1.29 is 15.0 Å². The van der Waals surface area contributed by atoms with Crippen LogP contribution in [-0.2, 0) is 4.79 Å². The van der Waals surface area contributed by atoms with Gasteiger partial charge in [0.25, 0.3) is 0 Å². The molecule has 0 bridgehead atoms. The number of unbranched alkanes of at least 4 members (excludes halogenated alkanes) is 33. The average Bonchev–Trinajstić information content (AvgIpc) is 3.29. The molecule has 0 aromatic rings. The molecule has 1 amide bonds. The number of hydrogen-bond donors (Lipinski definition) is 3. The highest BCUT2D eigenvalue weighted by Crippen LogP contribution is 2.17. The van der Waals surface area contributed by atoms with E-state index >= 15 is 0 Å². The summed E-state index contributed by atoms with van der Waals surface area (Å²) in [5, 5.41) is 23.1. The minimum atomic E-state index is -0.840.